The molecule has 8 heteroatoms. The van der Waals surface area contributed by atoms with Crippen molar-refractivity contribution in [3.63, 3.8) is 0 Å². The molecule has 1 N–H and O–H groups in total. The molecule has 26 heavy (non-hydrogen) atoms. The Kier molecular flexibility index (Phi) is 5.13. The van der Waals surface area contributed by atoms with Crippen LogP contribution in [0.1, 0.15) is 15.9 Å². The first-order chi connectivity index (χ1) is 12.3. The molecule has 0 spiro atoms. The van der Waals surface area contributed by atoms with Crippen LogP contribution in [0.3, 0.4) is 0 Å². The zero-order valence-corrected chi connectivity index (χ0v) is 14.3. The van der Waals surface area contributed by atoms with Crippen molar-refractivity contribution >= 4 is 17.3 Å². The molecule has 0 atom stereocenters. The summed E-state index contributed by atoms with van der Waals surface area (Å²) in [5.41, 5.74) is 0.418. The van der Waals surface area contributed by atoms with Crippen molar-refractivity contribution in [3.8, 4) is 0 Å². The number of piperazine rings is 1. The number of alkyl halides is 3. The lowest BCUT2D eigenvalue weighted by atomic mass is 10.2. The van der Waals surface area contributed by atoms with Crippen molar-refractivity contribution in [2.24, 2.45) is 0 Å². The number of rotatable bonds is 3. The van der Waals surface area contributed by atoms with Crippen molar-refractivity contribution in [2.75, 3.05) is 38.5 Å². The molecule has 0 bridgehead atoms. The van der Waals surface area contributed by atoms with E-state index in [0.717, 1.165) is 25.2 Å². The quantitative estimate of drug-likeness (QED) is 0.909. The molecule has 5 nitrogen and oxygen atoms in total. The topological polar surface area (TPSA) is 48.5 Å². The van der Waals surface area contributed by atoms with Crippen molar-refractivity contribution < 1.29 is 18.0 Å². The number of amides is 1. The highest BCUT2D eigenvalue weighted by Crippen LogP contribution is 2.31. The first kappa shape index (κ1) is 18.2. The molecule has 138 valence electrons. The minimum Gasteiger partial charge on any atom is -0.354 e. The van der Waals surface area contributed by atoms with E-state index in [1.165, 1.54) is 24.5 Å². The number of aromatic nitrogens is 1. The SMILES string of the molecule is CN1CCN(C(=O)c2cncc(Nc3cccc(C(F)(F)F)c3)c2)CC1. The van der Waals surface area contributed by atoms with Gasteiger partial charge < -0.3 is 15.1 Å². The number of nitrogens with zero attached hydrogens (tertiary/aromatic N) is 3. The monoisotopic (exact) mass is 364 g/mol. The summed E-state index contributed by atoms with van der Waals surface area (Å²) in [6.45, 7) is 2.89. The van der Waals surface area contributed by atoms with Gasteiger partial charge in [-0.1, -0.05) is 6.07 Å². The van der Waals surface area contributed by atoms with Crippen LogP contribution in [0.5, 0.6) is 0 Å². The molecule has 2 aromatic rings. The Balaban J connectivity index is 1.74. The molecule has 1 aliphatic rings. The van der Waals surface area contributed by atoms with Crippen LogP contribution < -0.4 is 5.32 Å². The fourth-order valence-corrected chi connectivity index (χ4v) is 2.76. The molecule has 1 saturated heterocycles. The van der Waals surface area contributed by atoms with E-state index in [0.29, 0.717) is 24.3 Å². The van der Waals surface area contributed by atoms with Gasteiger partial charge in [0.1, 0.15) is 0 Å². The average Bonchev–Trinajstić information content (AvgIpc) is 2.61. The van der Waals surface area contributed by atoms with Gasteiger partial charge in [-0.2, -0.15) is 13.2 Å². The van der Waals surface area contributed by atoms with E-state index < -0.39 is 11.7 Å². The summed E-state index contributed by atoms with van der Waals surface area (Å²) in [4.78, 5) is 20.5. The van der Waals surface area contributed by atoms with Crippen molar-refractivity contribution in [1.82, 2.24) is 14.8 Å². The van der Waals surface area contributed by atoms with Gasteiger partial charge in [0.2, 0.25) is 0 Å². The molecular weight excluding hydrogens is 345 g/mol. The Bertz CT molecular complexity index is 786. The van der Waals surface area contributed by atoms with Gasteiger partial charge in [0.05, 0.1) is 23.0 Å². The molecule has 0 radical (unpaired) electrons. The van der Waals surface area contributed by atoms with E-state index in [2.05, 4.69) is 15.2 Å². The Morgan fingerprint density at radius 2 is 1.81 bits per heavy atom. The second kappa shape index (κ2) is 7.33. The third kappa shape index (κ3) is 4.32. The Hall–Kier alpha value is -2.61. The lowest BCUT2D eigenvalue weighted by Crippen LogP contribution is -2.47. The van der Waals surface area contributed by atoms with Crippen molar-refractivity contribution in [3.05, 3.63) is 53.9 Å². The molecule has 1 aromatic heterocycles. The number of halogens is 3. The van der Waals surface area contributed by atoms with Crippen LogP contribution >= 0.6 is 0 Å². The van der Waals surface area contributed by atoms with Crippen LogP contribution in [-0.2, 0) is 6.18 Å². The summed E-state index contributed by atoms with van der Waals surface area (Å²) < 4.78 is 38.4. The molecular formula is C18H19F3N4O. The minimum absolute atomic E-state index is 0.127. The minimum atomic E-state index is -4.41. The van der Waals surface area contributed by atoms with Crippen LogP contribution in [0.25, 0.3) is 0 Å². The number of pyridine rings is 1. The summed E-state index contributed by atoms with van der Waals surface area (Å²) in [7, 11) is 2.00. The maximum absolute atomic E-state index is 12.8. The number of anilines is 2. The predicted molar refractivity (Wildman–Crippen MR) is 92.4 cm³/mol. The Morgan fingerprint density at radius 3 is 2.50 bits per heavy atom. The van der Waals surface area contributed by atoms with Crippen LogP contribution in [0.15, 0.2) is 42.7 Å². The summed E-state index contributed by atoms with van der Waals surface area (Å²) in [5.74, 6) is -0.127. The van der Waals surface area contributed by atoms with Crippen LogP contribution in [0.4, 0.5) is 24.5 Å². The standard InChI is InChI=1S/C18H19F3N4O/c1-24-5-7-25(8-6-24)17(26)13-9-16(12-22-11-13)23-15-4-2-3-14(10-15)18(19,20)21/h2-4,9-12,23H,5-8H2,1H3. The third-order valence-electron chi connectivity index (χ3n) is 4.25. The fourth-order valence-electron chi connectivity index (χ4n) is 2.76. The molecule has 1 fully saturated rings. The third-order valence-corrected chi connectivity index (χ3v) is 4.25. The first-order valence-electron chi connectivity index (χ1n) is 8.20. The number of nitrogens with one attached hydrogen (secondary N) is 1. The number of carbonyl (C=O) groups is 1. The smallest absolute Gasteiger partial charge is 0.354 e. The molecule has 0 aliphatic carbocycles. The van der Waals surface area contributed by atoms with Crippen molar-refractivity contribution in [2.45, 2.75) is 6.18 Å². The van der Waals surface area contributed by atoms with Gasteiger partial charge in [-0.3, -0.25) is 9.78 Å². The molecule has 0 unspecified atom stereocenters. The summed E-state index contributed by atoms with van der Waals surface area (Å²) >= 11 is 0. The zero-order valence-electron chi connectivity index (χ0n) is 14.3. The highest BCUT2D eigenvalue weighted by molar-refractivity contribution is 5.95. The van der Waals surface area contributed by atoms with Crippen LogP contribution in [-0.4, -0.2) is 53.9 Å². The molecule has 2 heterocycles. The normalized spacial score (nSPS) is 15.8. The van der Waals surface area contributed by atoms with Gasteiger partial charge in [0.15, 0.2) is 0 Å². The maximum Gasteiger partial charge on any atom is 0.416 e. The number of carbonyl (C=O) groups excluding carboxylic acids is 1. The molecule has 0 saturated carbocycles. The van der Waals surface area contributed by atoms with E-state index >= 15 is 0 Å². The van der Waals surface area contributed by atoms with Gasteiger partial charge in [-0.15, -0.1) is 0 Å². The fraction of sp³-hybridized carbons (Fsp3) is 0.333. The van der Waals surface area contributed by atoms with Gasteiger partial charge in [0, 0.05) is 38.1 Å². The summed E-state index contributed by atoms with van der Waals surface area (Å²) in [5, 5.41) is 2.88. The molecule has 1 amide bonds. The molecule has 1 aliphatic heterocycles. The van der Waals surface area contributed by atoms with Gasteiger partial charge >= 0.3 is 6.18 Å². The number of likely N-dealkylation sites (N-methyl/N-ethyl adjacent to an activating group) is 1. The maximum atomic E-state index is 12.8. The van der Waals surface area contributed by atoms with Gasteiger partial charge in [-0.25, -0.2) is 0 Å². The predicted octanol–water partition coefficient (Wildman–Crippen LogP) is 3.23. The largest absolute Gasteiger partial charge is 0.416 e. The van der Waals surface area contributed by atoms with Gasteiger partial charge in [0.25, 0.3) is 5.91 Å². The molecule has 1 aromatic carbocycles. The number of hydrogen-bond acceptors (Lipinski definition) is 4. The average molecular weight is 364 g/mol. The second-order valence-electron chi connectivity index (χ2n) is 6.26. The van der Waals surface area contributed by atoms with E-state index in [-0.39, 0.29) is 11.6 Å². The highest BCUT2D eigenvalue weighted by atomic mass is 19.4. The highest BCUT2D eigenvalue weighted by Gasteiger charge is 2.30. The van der Waals surface area contributed by atoms with Gasteiger partial charge in [-0.05, 0) is 31.3 Å². The van der Waals surface area contributed by atoms with E-state index in [1.807, 2.05) is 7.05 Å². The van der Waals surface area contributed by atoms with E-state index in [9.17, 15) is 18.0 Å². The van der Waals surface area contributed by atoms with Crippen LogP contribution in [0, 0.1) is 0 Å². The number of benzene rings is 1. The number of hydrogen-bond donors (Lipinski definition) is 1. The lowest BCUT2D eigenvalue weighted by Gasteiger charge is -2.32. The van der Waals surface area contributed by atoms with Crippen LogP contribution in [0.2, 0.25) is 0 Å². The van der Waals surface area contributed by atoms with E-state index in [4.69, 9.17) is 0 Å². The lowest BCUT2D eigenvalue weighted by molar-refractivity contribution is -0.137. The Labute approximate surface area is 149 Å². The summed E-state index contributed by atoms with van der Waals surface area (Å²) in [6, 6.07) is 6.50. The Morgan fingerprint density at radius 1 is 1.08 bits per heavy atom. The first-order valence-corrected chi connectivity index (χ1v) is 8.20. The zero-order chi connectivity index (χ0) is 18.7. The van der Waals surface area contributed by atoms with E-state index in [1.54, 1.807) is 11.0 Å². The second-order valence-corrected chi connectivity index (χ2v) is 6.26. The summed E-state index contributed by atoms with van der Waals surface area (Å²) in [6.07, 6.45) is -1.46. The van der Waals surface area contributed by atoms with Crippen molar-refractivity contribution in [1.29, 1.82) is 0 Å². The molecule has 3 rings (SSSR count).